The van der Waals surface area contributed by atoms with Gasteiger partial charge in [0.15, 0.2) is 0 Å². The van der Waals surface area contributed by atoms with Crippen molar-refractivity contribution in [3.8, 4) is 0 Å². The summed E-state index contributed by atoms with van der Waals surface area (Å²) in [6.45, 7) is 0. The van der Waals surface area contributed by atoms with E-state index in [2.05, 4.69) is 34.1 Å². The Kier molecular flexibility index (Phi) is 2.70. The Morgan fingerprint density at radius 3 is 2.62 bits per heavy atom. The molecule has 2 atom stereocenters. The molecule has 0 spiro atoms. The lowest BCUT2D eigenvalue weighted by Crippen LogP contribution is -2.40. The van der Waals surface area contributed by atoms with Gasteiger partial charge in [-0.25, -0.2) is 0 Å². The molecule has 2 unspecified atom stereocenters. The third-order valence-electron chi connectivity index (χ3n) is 2.92. The second kappa shape index (κ2) is 3.81. The van der Waals surface area contributed by atoms with Crippen molar-refractivity contribution >= 4 is 15.9 Å². The van der Waals surface area contributed by atoms with Crippen molar-refractivity contribution in [1.82, 2.24) is 0 Å². The maximum atomic E-state index is 5.91. The van der Waals surface area contributed by atoms with Crippen LogP contribution >= 0.6 is 15.9 Å². The van der Waals surface area contributed by atoms with E-state index in [9.17, 15) is 0 Å². The van der Waals surface area contributed by atoms with Crippen LogP contribution in [-0.4, -0.2) is 6.04 Å². The minimum Gasteiger partial charge on any atom is -0.327 e. The van der Waals surface area contributed by atoms with Crippen LogP contribution < -0.4 is 5.73 Å². The first-order chi connectivity index (χ1) is 6.27. The number of nitrogens with two attached hydrogens (primary N) is 1. The Hall–Kier alpha value is -0.340. The number of hydrogen-bond donors (Lipinski definition) is 1. The molecule has 1 aliphatic rings. The van der Waals surface area contributed by atoms with Crippen molar-refractivity contribution in [3.63, 3.8) is 0 Å². The van der Waals surface area contributed by atoms with Crippen LogP contribution in [0.25, 0.3) is 0 Å². The fourth-order valence-corrected chi connectivity index (χ4v) is 2.24. The fraction of sp³-hybridized carbons (Fsp3) is 0.455. The first-order valence-corrected chi connectivity index (χ1v) is 5.55. The molecule has 0 bridgehead atoms. The maximum Gasteiger partial charge on any atom is 0.0207 e. The van der Waals surface area contributed by atoms with Crippen LogP contribution in [0.2, 0.25) is 0 Å². The van der Waals surface area contributed by atoms with E-state index >= 15 is 0 Å². The molecule has 1 aromatic rings. The molecule has 0 aliphatic heterocycles. The molecule has 70 valence electrons. The zero-order chi connectivity index (χ0) is 9.26. The topological polar surface area (TPSA) is 26.0 Å². The van der Waals surface area contributed by atoms with Gasteiger partial charge in [0.25, 0.3) is 0 Å². The minimum absolute atomic E-state index is 0.437. The molecule has 0 heterocycles. The highest BCUT2D eigenvalue weighted by Crippen LogP contribution is 2.31. The standard InChI is InChI=1S/C11H14BrN/c12-10-4-2-1-3-8(10)7-9-5-6-11(9)13/h1-4,9,11H,5-7,13H2. The Labute approximate surface area is 87.5 Å². The van der Waals surface area contributed by atoms with Gasteiger partial charge >= 0.3 is 0 Å². The first-order valence-electron chi connectivity index (χ1n) is 4.76. The summed E-state index contributed by atoms with van der Waals surface area (Å²) in [5.41, 5.74) is 7.30. The van der Waals surface area contributed by atoms with E-state index in [0.29, 0.717) is 12.0 Å². The van der Waals surface area contributed by atoms with Crippen LogP contribution in [0.4, 0.5) is 0 Å². The predicted molar refractivity (Wildman–Crippen MR) is 58.5 cm³/mol. The van der Waals surface area contributed by atoms with Gasteiger partial charge in [0.1, 0.15) is 0 Å². The zero-order valence-electron chi connectivity index (χ0n) is 7.54. The maximum absolute atomic E-state index is 5.91. The van der Waals surface area contributed by atoms with Gasteiger partial charge in [-0.05, 0) is 36.8 Å². The van der Waals surface area contributed by atoms with E-state index in [1.54, 1.807) is 0 Å². The van der Waals surface area contributed by atoms with Crippen LogP contribution in [0.15, 0.2) is 28.7 Å². The highest BCUT2D eigenvalue weighted by atomic mass is 79.9. The van der Waals surface area contributed by atoms with Gasteiger partial charge < -0.3 is 5.73 Å². The van der Waals surface area contributed by atoms with E-state index in [-0.39, 0.29) is 0 Å². The summed E-state index contributed by atoms with van der Waals surface area (Å²) in [6.07, 6.45) is 3.63. The lowest BCUT2D eigenvalue weighted by Gasteiger charge is -2.33. The second-order valence-electron chi connectivity index (χ2n) is 3.80. The molecule has 1 aliphatic carbocycles. The molecular weight excluding hydrogens is 226 g/mol. The molecule has 2 heteroatoms. The quantitative estimate of drug-likeness (QED) is 0.845. The SMILES string of the molecule is NC1CCC1Cc1ccccc1Br. The number of benzene rings is 1. The van der Waals surface area contributed by atoms with Crippen LogP contribution in [0.1, 0.15) is 18.4 Å². The molecule has 2 rings (SSSR count). The third kappa shape index (κ3) is 1.94. The van der Waals surface area contributed by atoms with Crippen molar-refractivity contribution in [3.05, 3.63) is 34.3 Å². The Balaban J connectivity index is 2.05. The summed E-state index contributed by atoms with van der Waals surface area (Å²) in [5.74, 6) is 0.707. The molecule has 0 amide bonds. The van der Waals surface area contributed by atoms with E-state index in [4.69, 9.17) is 5.73 Å². The van der Waals surface area contributed by atoms with Crippen molar-refractivity contribution in [2.24, 2.45) is 11.7 Å². The van der Waals surface area contributed by atoms with Crippen LogP contribution in [0.3, 0.4) is 0 Å². The van der Waals surface area contributed by atoms with Gasteiger partial charge in [-0.1, -0.05) is 34.1 Å². The smallest absolute Gasteiger partial charge is 0.0207 e. The number of hydrogen-bond acceptors (Lipinski definition) is 1. The Morgan fingerprint density at radius 1 is 1.31 bits per heavy atom. The lowest BCUT2D eigenvalue weighted by molar-refractivity contribution is 0.255. The lowest BCUT2D eigenvalue weighted by atomic mass is 9.76. The highest BCUT2D eigenvalue weighted by molar-refractivity contribution is 9.10. The zero-order valence-corrected chi connectivity index (χ0v) is 9.13. The van der Waals surface area contributed by atoms with Crippen LogP contribution in [-0.2, 0) is 6.42 Å². The Bertz CT molecular complexity index is 298. The number of rotatable bonds is 2. The van der Waals surface area contributed by atoms with Gasteiger partial charge in [0.2, 0.25) is 0 Å². The summed E-state index contributed by atoms with van der Waals surface area (Å²) in [6, 6.07) is 8.85. The normalized spacial score (nSPS) is 26.9. The minimum atomic E-state index is 0.437. The van der Waals surface area contributed by atoms with Gasteiger partial charge in [-0.15, -0.1) is 0 Å². The summed E-state index contributed by atoms with van der Waals surface area (Å²) in [4.78, 5) is 0. The van der Waals surface area contributed by atoms with Gasteiger partial charge in [-0.2, -0.15) is 0 Å². The van der Waals surface area contributed by atoms with Crippen molar-refractivity contribution in [2.75, 3.05) is 0 Å². The molecule has 1 saturated carbocycles. The van der Waals surface area contributed by atoms with E-state index < -0.39 is 0 Å². The molecule has 13 heavy (non-hydrogen) atoms. The summed E-state index contributed by atoms with van der Waals surface area (Å²) in [5, 5.41) is 0. The van der Waals surface area contributed by atoms with Crippen LogP contribution in [0.5, 0.6) is 0 Å². The molecule has 0 aromatic heterocycles. The summed E-state index contributed by atoms with van der Waals surface area (Å²) >= 11 is 3.56. The van der Waals surface area contributed by atoms with E-state index in [1.165, 1.54) is 22.9 Å². The fourth-order valence-electron chi connectivity index (χ4n) is 1.79. The second-order valence-corrected chi connectivity index (χ2v) is 4.65. The average molecular weight is 240 g/mol. The van der Waals surface area contributed by atoms with Crippen molar-refractivity contribution in [2.45, 2.75) is 25.3 Å². The van der Waals surface area contributed by atoms with E-state index in [1.807, 2.05) is 6.07 Å². The Morgan fingerprint density at radius 2 is 2.08 bits per heavy atom. The number of halogens is 1. The monoisotopic (exact) mass is 239 g/mol. The summed E-state index contributed by atoms with van der Waals surface area (Å²) < 4.78 is 1.22. The molecule has 0 saturated heterocycles. The van der Waals surface area contributed by atoms with Gasteiger partial charge in [0, 0.05) is 10.5 Å². The molecule has 1 nitrogen and oxygen atoms in total. The molecule has 1 fully saturated rings. The van der Waals surface area contributed by atoms with Crippen molar-refractivity contribution in [1.29, 1.82) is 0 Å². The van der Waals surface area contributed by atoms with Gasteiger partial charge in [-0.3, -0.25) is 0 Å². The predicted octanol–water partition coefficient (Wildman–Crippen LogP) is 2.73. The molecule has 2 N–H and O–H groups in total. The van der Waals surface area contributed by atoms with Gasteiger partial charge in [0.05, 0.1) is 0 Å². The largest absolute Gasteiger partial charge is 0.327 e. The first kappa shape index (κ1) is 9.22. The summed E-state index contributed by atoms with van der Waals surface area (Å²) in [7, 11) is 0. The molecule has 1 aromatic carbocycles. The van der Waals surface area contributed by atoms with E-state index in [0.717, 1.165) is 6.42 Å². The molecular formula is C11H14BrN. The van der Waals surface area contributed by atoms with Crippen LogP contribution in [0, 0.1) is 5.92 Å². The average Bonchev–Trinajstić information content (AvgIpc) is 2.14. The molecule has 0 radical (unpaired) electrons. The van der Waals surface area contributed by atoms with Crippen molar-refractivity contribution < 1.29 is 0 Å². The highest BCUT2D eigenvalue weighted by Gasteiger charge is 2.27. The third-order valence-corrected chi connectivity index (χ3v) is 3.69.